The Bertz CT molecular complexity index is 42.1. The summed E-state index contributed by atoms with van der Waals surface area (Å²) >= 11 is -1.39. The molecule has 0 aliphatic heterocycles. The minimum absolute atomic E-state index is 1.39. The van der Waals surface area contributed by atoms with Gasteiger partial charge in [0.15, 0.2) is 0 Å². The maximum absolute atomic E-state index is 2.52. The van der Waals surface area contributed by atoms with Crippen LogP contribution in [0.1, 0.15) is 13.8 Å². The summed E-state index contributed by atoms with van der Waals surface area (Å²) in [6.07, 6.45) is 0. The standard InChI is InChI=1S/2C2H5.2CH3.Hf/c2*1-2;;;/h2*1H2,2H3;2*1H3;. The van der Waals surface area contributed by atoms with Crippen LogP contribution in [0.15, 0.2) is 0 Å². The molecule has 0 aromatic heterocycles. The van der Waals surface area contributed by atoms with Gasteiger partial charge < -0.3 is 0 Å². The molecule has 0 radical (unpaired) electrons. The van der Waals surface area contributed by atoms with E-state index in [1.54, 1.807) is 0 Å². The molecular formula is C6H16Hf. The van der Waals surface area contributed by atoms with Crippen molar-refractivity contribution in [2.75, 3.05) is 0 Å². The minimum atomic E-state index is -1.39. The maximum atomic E-state index is 2.52. The number of rotatable bonds is 2. The average Bonchev–Trinajstić information content (AvgIpc) is 1.68. The molecule has 7 heavy (non-hydrogen) atoms. The van der Waals surface area contributed by atoms with Crippen LogP contribution in [0, 0.1) is 0 Å². The van der Waals surface area contributed by atoms with E-state index in [-0.39, 0.29) is 0 Å². The van der Waals surface area contributed by atoms with E-state index in [1.165, 1.54) is 8.35 Å². The Labute approximate surface area is 51.6 Å². The molecule has 0 fully saturated rings. The molecule has 1 heteroatoms. The van der Waals surface area contributed by atoms with Crippen LogP contribution in [-0.2, 0) is 20.0 Å². The van der Waals surface area contributed by atoms with E-state index in [2.05, 4.69) is 23.2 Å². The van der Waals surface area contributed by atoms with Gasteiger partial charge in [0, 0.05) is 0 Å². The van der Waals surface area contributed by atoms with Crippen LogP contribution in [0.4, 0.5) is 0 Å². The second-order valence-corrected chi connectivity index (χ2v) is 23.5. The van der Waals surface area contributed by atoms with Gasteiger partial charge in [-0.05, 0) is 0 Å². The van der Waals surface area contributed by atoms with Crippen molar-refractivity contribution in [1.29, 1.82) is 0 Å². The Morgan fingerprint density at radius 2 is 1.29 bits per heavy atom. The molecule has 0 aromatic rings. The normalized spacial score (nSPS) is 12.0. The Hall–Kier alpha value is 0.870. The van der Waals surface area contributed by atoms with Crippen molar-refractivity contribution in [3.05, 3.63) is 0 Å². The van der Waals surface area contributed by atoms with Crippen LogP contribution in [0.25, 0.3) is 0 Å². The topological polar surface area (TPSA) is 0 Å². The fourth-order valence-corrected chi connectivity index (χ4v) is 2.05. The van der Waals surface area contributed by atoms with E-state index >= 15 is 0 Å². The molecule has 0 N–H and O–H groups in total. The van der Waals surface area contributed by atoms with Gasteiger partial charge in [-0.15, -0.1) is 0 Å². The summed E-state index contributed by atoms with van der Waals surface area (Å²) in [7, 11) is 0. The summed E-state index contributed by atoms with van der Waals surface area (Å²) in [5.74, 6) is 0. The van der Waals surface area contributed by atoms with Crippen molar-refractivity contribution < 1.29 is 20.0 Å². The van der Waals surface area contributed by atoms with E-state index in [4.69, 9.17) is 0 Å². The molecule has 0 atom stereocenters. The third-order valence-corrected chi connectivity index (χ3v) is 15.7. The molecule has 0 bridgehead atoms. The SMILES string of the molecule is C[CH2][Hf]([CH3])([CH3])[CH2]C. The third-order valence-electron chi connectivity index (χ3n) is 1.91. The first-order valence-electron chi connectivity index (χ1n) is 3.12. The van der Waals surface area contributed by atoms with Crippen molar-refractivity contribution in [2.45, 2.75) is 31.6 Å². The number of hydrogen-bond donors (Lipinski definition) is 0. The van der Waals surface area contributed by atoms with Crippen LogP contribution >= 0.6 is 0 Å². The zero-order valence-corrected chi connectivity index (χ0v) is 9.51. The molecule has 0 aliphatic rings. The van der Waals surface area contributed by atoms with E-state index in [9.17, 15) is 0 Å². The molecule has 0 heterocycles. The van der Waals surface area contributed by atoms with Gasteiger partial charge in [-0.25, -0.2) is 0 Å². The quantitative estimate of drug-likeness (QED) is 0.674. The fraction of sp³-hybridized carbons (Fsp3) is 1.00. The van der Waals surface area contributed by atoms with Crippen LogP contribution in [0.5, 0.6) is 0 Å². The van der Waals surface area contributed by atoms with Crippen molar-refractivity contribution in [2.24, 2.45) is 0 Å². The predicted molar refractivity (Wildman–Crippen MR) is 32.7 cm³/mol. The molecule has 0 unspecified atom stereocenters. The molecule has 0 spiro atoms. The Kier molecular flexibility index (Phi) is 3.38. The first-order valence-corrected chi connectivity index (χ1v) is 15.4. The summed E-state index contributed by atoms with van der Waals surface area (Å²) in [4.78, 5) is 0. The molecule has 0 amide bonds. The van der Waals surface area contributed by atoms with Gasteiger partial charge >= 0.3 is 51.5 Å². The molecule has 0 rings (SSSR count). The molecular weight excluding hydrogens is 251 g/mol. The van der Waals surface area contributed by atoms with Gasteiger partial charge in [0.25, 0.3) is 0 Å². The molecule has 44 valence electrons. The predicted octanol–water partition coefficient (Wildman–Crippen LogP) is 3.11. The fourth-order valence-electron chi connectivity index (χ4n) is 0.250. The summed E-state index contributed by atoms with van der Waals surface area (Å²) in [5, 5.41) is 0. The second-order valence-electron chi connectivity index (χ2n) is 2.87. The third kappa shape index (κ3) is 3.45. The van der Waals surface area contributed by atoms with Crippen molar-refractivity contribution in [1.82, 2.24) is 0 Å². The van der Waals surface area contributed by atoms with E-state index in [0.29, 0.717) is 0 Å². The van der Waals surface area contributed by atoms with Crippen LogP contribution < -0.4 is 0 Å². The zero-order chi connectivity index (χ0) is 5.91. The van der Waals surface area contributed by atoms with Crippen molar-refractivity contribution in [3.63, 3.8) is 0 Å². The van der Waals surface area contributed by atoms with Crippen molar-refractivity contribution in [3.8, 4) is 0 Å². The Morgan fingerprint density at radius 3 is 1.29 bits per heavy atom. The van der Waals surface area contributed by atoms with Gasteiger partial charge in [-0.2, -0.15) is 0 Å². The number of hydrogen-bond acceptors (Lipinski definition) is 0. The Balaban J connectivity index is 3.36. The van der Waals surface area contributed by atoms with Gasteiger partial charge in [0.05, 0.1) is 0 Å². The first-order chi connectivity index (χ1) is 3.12. The summed E-state index contributed by atoms with van der Waals surface area (Å²) in [6, 6.07) is 0. The average molecular weight is 267 g/mol. The second kappa shape index (κ2) is 3.01. The van der Waals surface area contributed by atoms with Gasteiger partial charge in [0.2, 0.25) is 0 Å². The van der Waals surface area contributed by atoms with Crippen LogP contribution in [0.2, 0.25) is 17.7 Å². The summed E-state index contributed by atoms with van der Waals surface area (Å²) in [5.41, 5.74) is 0. The van der Waals surface area contributed by atoms with Crippen molar-refractivity contribution >= 4 is 0 Å². The van der Waals surface area contributed by atoms with Crippen LogP contribution in [-0.4, -0.2) is 0 Å². The van der Waals surface area contributed by atoms with Gasteiger partial charge in [0.1, 0.15) is 0 Å². The molecule has 0 saturated carbocycles. The van der Waals surface area contributed by atoms with Gasteiger partial charge in [-0.3, -0.25) is 0 Å². The first kappa shape index (κ1) is 7.87. The molecule has 0 nitrogen and oxygen atoms in total. The summed E-state index contributed by atoms with van der Waals surface area (Å²) < 4.78 is 8.08. The van der Waals surface area contributed by atoms with Gasteiger partial charge in [-0.1, -0.05) is 0 Å². The van der Waals surface area contributed by atoms with E-state index < -0.39 is 20.0 Å². The van der Waals surface area contributed by atoms with Crippen LogP contribution in [0.3, 0.4) is 0 Å². The zero-order valence-electron chi connectivity index (χ0n) is 5.91. The molecule has 0 aromatic carbocycles. The molecule has 0 saturated heterocycles. The van der Waals surface area contributed by atoms with E-state index in [0.717, 1.165) is 0 Å². The summed E-state index contributed by atoms with van der Waals surface area (Å²) in [6.45, 7) is 4.68. The Morgan fingerprint density at radius 1 is 1.00 bits per heavy atom. The monoisotopic (exact) mass is 268 g/mol. The molecule has 0 aliphatic carbocycles. The van der Waals surface area contributed by atoms with E-state index in [1.807, 2.05) is 0 Å².